The van der Waals surface area contributed by atoms with Gasteiger partial charge in [0.25, 0.3) is 5.91 Å². The van der Waals surface area contributed by atoms with Crippen LogP contribution in [0.15, 0.2) is 47.4 Å². The molecule has 0 saturated carbocycles. The summed E-state index contributed by atoms with van der Waals surface area (Å²) < 4.78 is 51.8. The molecular weight excluding hydrogens is 454 g/mol. The van der Waals surface area contributed by atoms with E-state index in [9.17, 15) is 22.0 Å². The van der Waals surface area contributed by atoms with Gasteiger partial charge in [0.2, 0.25) is 9.84 Å². The first-order valence-electron chi connectivity index (χ1n) is 10.2. The molecule has 1 aliphatic heterocycles. The molecule has 1 saturated heterocycles. The molecule has 3 aromatic rings. The number of aryl methyl sites for hydroxylation is 2. The molecule has 0 spiro atoms. The van der Waals surface area contributed by atoms with Crippen LogP contribution in [-0.2, 0) is 9.84 Å². The highest BCUT2D eigenvalue weighted by atomic mass is 32.2. The maximum absolute atomic E-state index is 13.0. The number of carbonyl (C=O) groups excluding carboxylic acids is 1. The van der Waals surface area contributed by atoms with Crippen LogP contribution in [0.25, 0.3) is 5.82 Å². The molecule has 1 fully saturated rings. The van der Waals surface area contributed by atoms with Crippen molar-refractivity contribution in [3.8, 4) is 5.82 Å². The van der Waals surface area contributed by atoms with Crippen molar-refractivity contribution >= 4 is 21.6 Å². The van der Waals surface area contributed by atoms with Crippen LogP contribution in [0.2, 0.25) is 0 Å². The molecule has 9 nitrogen and oxygen atoms in total. The lowest BCUT2D eigenvalue weighted by Crippen LogP contribution is -2.49. The van der Waals surface area contributed by atoms with Crippen molar-refractivity contribution in [1.29, 1.82) is 0 Å². The molecule has 1 aromatic carbocycles. The number of piperazine rings is 1. The van der Waals surface area contributed by atoms with Crippen molar-refractivity contribution in [2.75, 3.05) is 31.1 Å². The normalized spacial score (nSPS) is 14.7. The Balaban J connectivity index is 1.46. The second-order valence-electron chi connectivity index (χ2n) is 7.67. The number of benzene rings is 1. The topological polar surface area (TPSA) is 101 Å². The minimum absolute atomic E-state index is 0.250. The van der Waals surface area contributed by atoms with Crippen LogP contribution in [0.1, 0.15) is 21.7 Å². The zero-order chi connectivity index (χ0) is 23.8. The van der Waals surface area contributed by atoms with E-state index >= 15 is 0 Å². The molecule has 1 amide bonds. The van der Waals surface area contributed by atoms with Gasteiger partial charge >= 0.3 is 5.76 Å². The summed E-state index contributed by atoms with van der Waals surface area (Å²) in [6.07, 6.45) is 0. The van der Waals surface area contributed by atoms with Gasteiger partial charge in [-0.1, -0.05) is 12.1 Å². The maximum Gasteiger partial charge on any atom is 0.341 e. The van der Waals surface area contributed by atoms with Crippen molar-refractivity contribution in [2.24, 2.45) is 0 Å². The van der Waals surface area contributed by atoms with Gasteiger partial charge in [0.15, 0.2) is 11.6 Å². The fraction of sp³-hybridized carbons (Fsp3) is 0.333. The number of hydrogen-bond acceptors (Lipinski definition) is 7. The second-order valence-corrected chi connectivity index (χ2v) is 9.56. The number of anilines is 1. The lowest BCUT2D eigenvalue weighted by molar-refractivity contribution is 0.0742. The number of sulfone groups is 1. The number of halogens is 2. The van der Waals surface area contributed by atoms with E-state index in [4.69, 9.17) is 0 Å². The molecule has 1 aliphatic rings. The predicted molar refractivity (Wildman–Crippen MR) is 116 cm³/mol. The Labute approximate surface area is 189 Å². The number of carbonyl (C=O) groups is 1. The molecule has 0 bridgehead atoms. The van der Waals surface area contributed by atoms with E-state index < -0.39 is 26.4 Å². The standard InChI is InChI=1S/C21H22F2N6O3S/c1-14-13-15(2)29(26-14)19-8-7-18(24-25-19)27-9-11-28(12-10-27)20(30)16-5-3-4-6-17(16)33(31,32)21(22)23/h3-8,13,21H,9-12H2,1-2H3. The summed E-state index contributed by atoms with van der Waals surface area (Å²) in [5.41, 5.74) is 1.57. The number of hydrogen-bond donors (Lipinski definition) is 0. The fourth-order valence-corrected chi connectivity index (χ4v) is 4.68. The lowest BCUT2D eigenvalue weighted by Gasteiger charge is -2.35. The molecule has 4 rings (SSSR count). The molecule has 33 heavy (non-hydrogen) atoms. The van der Waals surface area contributed by atoms with E-state index in [0.29, 0.717) is 24.7 Å². The quantitative estimate of drug-likeness (QED) is 0.557. The average Bonchev–Trinajstić information content (AvgIpc) is 3.16. The van der Waals surface area contributed by atoms with Gasteiger partial charge in [-0.2, -0.15) is 13.9 Å². The van der Waals surface area contributed by atoms with E-state index in [1.165, 1.54) is 23.1 Å². The minimum atomic E-state index is -4.89. The molecule has 0 unspecified atom stereocenters. The summed E-state index contributed by atoms with van der Waals surface area (Å²) in [7, 11) is -4.89. The predicted octanol–water partition coefficient (Wildman–Crippen LogP) is 2.24. The van der Waals surface area contributed by atoms with Crippen LogP contribution in [-0.4, -0.2) is 71.1 Å². The Morgan fingerprint density at radius 1 is 0.970 bits per heavy atom. The number of aromatic nitrogens is 4. The van der Waals surface area contributed by atoms with Crippen LogP contribution in [0.3, 0.4) is 0 Å². The van der Waals surface area contributed by atoms with Crippen LogP contribution in [0, 0.1) is 13.8 Å². The number of alkyl halides is 2. The first kappa shape index (κ1) is 22.8. The highest BCUT2D eigenvalue weighted by Crippen LogP contribution is 2.24. The van der Waals surface area contributed by atoms with E-state index in [0.717, 1.165) is 17.5 Å². The summed E-state index contributed by atoms with van der Waals surface area (Å²) >= 11 is 0. The Kier molecular flexibility index (Phi) is 6.11. The summed E-state index contributed by atoms with van der Waals surface area (Å²) in [4.78, 5) is 15.7. The minimum Gasteiger partial charge on any atom is -0.352 e. The van der Waals surface area contributed by atoms with Gasteiger partial charge in [0.05, 0.1) is 16.2 Å². The van der Waals surface area contributed by atoms with E-state index in [2.05, 4.69) is 15.3 Å². The third-order valence-electron chi connectivity index (χ3n) is 5.41. The zero-order valence-electron chi connectivity index (χ0n) is 18.0. The molecule has 12 heteroatoms. The monoisotopic (exact) mass is 476 g/mol. The van der Waals surface area contributed by atoms with Gasteiger partial charge in [0.1, 0.15) is 0 Å². The number of amides is 1. The first-order valence-corrected chi connectivity index (χ1v) is 11.8. The molecular formula is C21H22F2N6O3S. The van der Waals surface area contributed by atoms with E-state index in [1.807, 2.05) is 36.9 Å². The average molecular weight is 477 g/mol. The van der Waals surface area contributed by atoms with Crippen LogP contribution in [0.4, 0.5) is 14.6 Å². The highest BCUT2D eigenvalue weighted by molar-refractivity contribution is 7.91. The fourth-order valence-electron chi connectivity index (χ4n) is 3.76. The van der Waals surface area contributed by atoms with Gasteiger partial charge in [-0.05, 0) is 44.2 Å². The summed E-state index contributed by atoms with van der Waals surface area (Å²) in [6, 6.07) is 10.6. The Hall–Kier alpha value is -3.41. The SMILES string of the molecule is Cc1cc(C)n(-c2ccc(N3CCN(C(=O)c4ccccc4S(=O)(=O)C(F)F)CC3)nn2)n1. The van der Waals surface area contributed by atoms with Crippen LogP contribution in [0.5, 0.6) is 0 Å². The third kappa shape index (κ3) is 4.42. The molecule has 0 aliphatic carbocycles. The van der Waals surface area contributed by atoms with Crippen molar-refractivity contribution in [1.82, 2.24) is 24.9 Å². The first-order chi connectivity index (χ1) is 15.7. The van der Waals surface area contributed by atoms with Crippen molar-refractivity contribution in [2.45, 2.75) is 24.5 Å². The Bertz CT molecular complexity index is 1270. The molecule has 3 heterocycles. The zero-order valence-corrected chi connectivity index (χ0v) is 18.8. The molecule has 0 N–H and O–H groups in total. The lowest BCUT2D eigenvalue weighted by atomic mass is 10.2. The summed E-state index contributed by atoms with van der Waals surface area (Å²) in [6.45, 7) is 5.25. The number of nitrogens with zero attached hydrogens (tertiary/aromatic N) is 6. The van der Waals surface area contributed by atoms with Crippen molar-refractivity contribution < 1.29 is 22.0 Å². The molecule has 0 atom stereocenters. The van der Waals surface area contributed by atoms with Crippen molar-refractivity contribution in [3.05, 3.63) is 59.4 Å². The molecule has 2 aromatic heterocycles. The summed E-state index contributed by atoms with van der Waals surface area (Å²) in [5, 5.41) is 12.9. The Morgan fingerprint density at radius 2 is 1.61 bits per heavy atom. The van der Waals surface area contributed by atoms with Crippen LogP contribution < -0.4 is 4.90 Å². The second kappa shape index (κ2) is 8.85. The Morgan fingerprint density at radius 3 is 2.18 bits per heavy atom. The molecule has 0 radical (unpaired) electrons. The van der Waals surface area contributed by atoms with Gasteiger partial charge in [-0.25, -0.2) is 13.1 Å². The maximum atomic E-state index is 13.0. The third-order valence-corrected chi connectivity index (χ3v) is 6.85. The van der Waals surface area contributed by atoms with Gasteiger partial charge in [-0.3, -0.25) is 4.79 Å². The van der Waals surface area contributed by atoms with Crippen molar-refractivity contribution in [3.63, 3.8) is 0 Å². The van der Waals surface area contributed by atoms with Gasteiger partial charge in [0, 0.05) is 31.9 Å². The van der Waals surface area contributed by atoms with Gasteiger partial charge in [-0.15, -0.1) is 10.2 Å². The largest absolute Gasteiger partial charge is 0.352 e. The van der Waals surface area contributed by atoms with E-state index in [1.54, 1.807) is 4.68 Å². The highest BCUT2D eigenvalue weighted by Gasteiger charge is 2.33. The van der Waals surface area contributed by atoms with Crippen LogP contribution >= 0.6 is 0 Å². The number of rotatable bonds is 5. The molecule has 174 valence electrons. The smallest absolute Gasteiger partial charge is 0.341 e. The summed E-state index contributed by atoms with van der Waals surface area (Å²) in [5.74, 6) is -2.97. The van der Waals surface area contributed by atoms with Gasteiger partial charge < -0.3 is 9.80 Å². The van der Waals surface area contributed by atoms with E-state index in [-0.39, 0.29) is 18.7 Å².